The zero-order valence-corrected chi connectivity index (χ0v) is 12.6. The van der Waals surface area contributed by atoms with Gasteiger partial charge in [0.2, 0.25) is 0 Å². The van der Waals surface area contributed by atoms with E-state index < -0.39 is 0 Å². The predicted molar refractivity (Wildman–Crippen MR) is 82.6 cm³/mol. The maximum Gasteiger partial charge on any atom is 0.122 e. The Morgan fingerprint density at radius 1 is 1.24 bits per heavy atom. The molecule has 0 spiro atoms. The molecule has 5 heteroatoms. The highest BCUT2D eigenvalue weighted by molar-refractivity contribution is 5.14. The van der Waals surface area contributed by atoms with Crippen LogP contribution in [0.1, 0.15) is 30.4 Å². The Morgan fingerprint density at radius 3 is 3.00 bits per heavy atom. The summed E-state index contributed by atoms with van der Waals surface area (Å²) in [6, 6.07) is 4.32. The highest BCUT2D eigenvalue weighted by Crippen LogP contribution is 2.13. The molecule has 0 amide bonds. The normalized spacial score (nSPS) is 15.1. The van der Waals surface area contributed by atoms with Gasteiger partial charge in [-0.25, -0.2) is 4.98 Å². The van der Waals surface area contributed by atoms with Crippen LogP contribution in [0.25, 0.3) is 0 Å². The zero-order chi connectivity index (χ0) is 14.5. The number of nitrogens with one attached hydrogen (secondary N) is 1. The van der Waals surface area contributed by atoms with E-state index in [-0.39, 0.29) is 0 Å². The second-order valence-corrected chi connectivity index (χ2v) is 5.58. The lowest BCUT2D eigenvalue weighted by atomic mass is 10.2. The van der Waals surface area contributed by atoms with E-state index in [9.17, 15) is 0 Å². The highest BCUT2D eigenvalue weighted by Gasteiger charge is 2.16. The van der Waals surface area contributed by atoms with Crippen LogP contribution in [-0.2, 0) is 26.2 Å². The number of nitrogens with zero attached hydrogens (tertiary/aromatic N) is 4. The molecule has 3 rings (SSSR count). The third-order valence-corrected chi connectivity index (χ3v) is 3.85. The van der Waals surface area contributed by atoms with Crippen LogP contribution in [0, 0.1) is 0 Å². The first-order chi connectivity index (χ1) is 10.3. The zero-order valence-electron chi connectivity index (χ0n) is 12.6. The summed E-state index contributed by atoms with van der Waals surface area (Å²) in [7, 11) is 0. The Labute approximate surface area is 126 Å². The molecular weight excluding hydrogens is 262 g/mol. The second kappa shape index (κ2) is 6.83. The molecule has 0 radical (unpaired) electrons. The monoisotopic (exact) mass is 285 g/mol. The molecule has 0 aromatic carbocycles. The maximum atomic E-state index is 4.59. The summed E-state index contributed by atoms with van der Waals surface area (Å²) < 4.78 is 2.23. The van der Waals surface area contributed by atoms with E-state index in [1.54, 1.807) is 0 Å². The first kappa shape index (κ1) is 14.2. The molecular formula is C16H23N5. The van der Waals surface area contributed by atoms with Crippen molar-refractivity contribution in [3.8, 4) is 0 Å². The van der Waals surface area contributed by atoms with Gasteiger partial charge in [-0.1, -0.05) is 13.0 Å². The van der Waals surface area contributed by atoms with Gasteiger partial charge in [-0.3, -0.25) is 9.88 Å². The molecule has 0 unspecified atom stereocenters. The van der Waals surface area contributed by atoms with Gasteiger partial charge >= 0.3 is 0 Å². The lowest BCUT2D eigenvalue weighted by Crippen LogP contribution is -2.33. The van der Waals surface area contributed by atoms with Crippen molar-refractivity contribution in [1.29, 1.82) is 0 Å². The van der Waals surface area contributed by atoms with E-state index in [1.165, 1.54) is 5.56 Å². The molecule has 2 aromatic rings. The molecule has 1 aliphatic rings. The number of rotatable bonds is 6. The van der Waals surface area contributed by atoms with Crippen LogP contribution in [0.2, 0.25) is 0 Å². The summed E-state index contributed by atoms with van der Waals surface area (Å²) in [5.41, 5.74) is 2.38. The minimum atomic E-state index is 0.898. The van der Waals surface area contributed by atoms with Gasteiger partial charge in [-0.15, -0.1) is 0 Å². The standard InChI is InChI=1S/C16H23N5/c1-2-5-17-10-14-3-4-15(19-11-14)12-20-8-9-21-7-6-18-16(21)13-20/h3-4,6-7,11,17H,2,5,8-10,12-13H2,1H3. The molecule has 3 heterocycles. The summed E-state index contributed by atoms with van der Waals surface area (Å²) in [5.74, 6) is 1.15. The summed E-state index contributed by atoms with van der Waals surface area (Å²) in [4.78, 5) is 11.4. The summed E-state index contributed by atoms with van der Waals surface area (Å²) in [6.45, 7) is 8.03. The van der Waals surface area contributed by atoms with E-state index in [0.717, 1.165) is 57.2 Å². The first-order valence-electron chi connectivity index (χ1n) is 7.72. The third kappa shape index (κ3) is 3.68. The first-order valence-corrected chi connectivity index (χ1v) is 7.72. The smallest absolute Gasteiger partial charge is 0.122 e. The summed E-state index contributed by atoms with van der Waals surface area (Å²) >= 11 is 0. The fraction of sp³-hybridized carbons (Fsp3) is 0.500. The predicted octanol–water partition coefficient (Wildman–Crippen LogP) is 1.79. The SMILES string of the molecule is CCCNCc1ccc(CN2CCn3ccnc3C2)nc1. The topological polar surface area (TPSA) is 46.0 Å². The van der Waals surface area contributed by atoms with Crippen molar-refractivity contribution >= 4 is 0 Å². The molecule has 21 heavy (non-hydrogen) atoms. The average Bonchev–Trinajstić information content (AvgIpc) is 2.97. The van der Waals surface area contributed by atoms with Gasteiger partial charge in [0.05, 0.1) is 12.2 Å². The van der Waals surface area contributed by atoms with Gasteiger partial charge in [0.15, 0.2) is 0 Å². The van der Waals surface area contributed by atoms with Crippen molar-refractivity contribution in [1.82, 2.24) is 24.8 Å². The molecule has 2 aromatic heterocycles. The van der Waals surface area contributed by atoms with Crippen LogP contribution >= 0.6 is 0 Å². The molecule has 0 atom stereocenters. The molecule has 0 saturated carbocycles. The maximum absolute atomic E-state index is 4.59. The molecule has 112 valence electrons. The fourth-order valence-electron chi connectivity index (χ4n) is 2.65. The number of pyridine rings is 1. The Balaban J connectivity index is 1.54. The lowest BCUT2D eigenvalue weighted by Gasteiger charge is -2.27. The van der Waals surface area contributed by atoms with Crippen LogP contribution in [0.15, 0.2) is 30.7 Å². The van der Waals surface area contributed by atoms with E-state index >= 15 is 0 Å². The van der Waals surface area contributed by atoms with Crippen molar-refractivity contribution in [2.24, 2.45) is 0 Å². The van der Waals surface area contributed by atoms with Crippen LogP contribution in [0.5, 0.6) is 0 Å². The Hall–Kier alpha value is -1.72. The quantitative estimate of drug-likeness (QED) is 0.822. The molecule has 1 aliphatic heterocycles. The number of hydrogen-bond donors (Lipinski definition) is 1. The highest BCUT2D eigenvalue weighted by atomic mass is 15.2. The summed E-state index contributed by atoms with van der Waals surface area (Å²) in [6.07, 6.45) is 7.09. The van der Waals surface area contributed by atoms with Crippen molar-refractivity contribution < 1.29 is 0 Å². The van der Waals surface area contributed by atoms with Gasteiger partial charge in [0.1, 0.15) is 5.82 Å². The third-order valence-electron chi connectivity index (χ3n) is 3.85. The van der Waals surface area contributed by atoms with Gasteiger partial charge in [0.25, 0.3) is 0 Å². The fourth-order valence-corrected chi connectivity index (χ4v) is 2.65. The van der Waals surface area contributed by atoms with Crippen LogP contribution in [-0.4, -0.2) is 32.5 Å². The minimum Gasteiger partial charge on any atom is -0.333 e. The number of fused-ring (bicyclic) bond motifs is 1. The van der Waals surface area contributed by atoms with Crippen molar-refractivity contribution in [3.05, 3.63) is 47.8 Å². The van der Waals surface area contributed by atoms with Gasteiger partial charge < -0.3 is 9.88 Å². The van der Waals surface area contributed by atoms with E-state index in [2.05, 4.69) is 50.0 Å². The van der Waals surface area contributed by atoms with Crippen molar-refractivity contribution in [2.75, 3.05) is 13.1 Å². The van der Waals surface area contributed by atoms with Crippen LogP contribution < -0.4 is 5.32 Å². The largest absolute Gasteiger partial charge is 0.333 e. The Morgan fingerprint density at radius 2 is 2.19 bits per heavy atom. The molecule has 0 aliphatic carbocycles. The molecule has 0 saturated heterocycles. The average molecular weight is 285 g/mol. The number of imidazole rings is 1. The minimum absolute atomic E-state index is 0.898. The van der Waals surface area contributed by atoms with Gasteiger partial charge in [-0.2, -0.15) is 0 Å². The number of hydrogen-bond acceptors (Lipinski definition) is 4. The lowest BCUT2D eigenvalue weighted by molar-refractivity contribution is 0.206. The molecule has 0 bridgehead atoms. The number of aromatic nitrogens is 3. The van der Waals surface area contributed by atoms with Crippen LogP contribution in [0.3, 0.4) is 0 Å². The van der Waals surface area contributed by atoms with E-state index in [4.69, 9.17) is 0 Å². The van der Waals surface area contributed by atoms with E-state index in [0.29, 0.717) is 0 Å². The Kier molecular flexibility index (Phi) is 4.62. The molecule has 0 fully saturated rings. The second-order valence-electron chi connectivity index (χ2n) is 5.58. The molecule has 1 N–H and O–H groups in total. The van der Waals surface area contributed by atoms with Gasteiger partial charge in [0, 0.05) is 44.8 Å². The van der Waals surface area contributed by atoms with Gasteiger partial charge in [-0.05, 0) is 24.6 Å². The summed E-state index contributed by atoms with van der Waals surface area (Å²) in [5, 5.41) is 3.40. The van der Waals surface area contributed by atoms with E-state index in [1.807, 2.05) is 12.4 Å². The molecule has 5 nitrogen and oxygen atoms in total. The van der Waals surface area contributed by atoms with Crippen molar-refractivity contribution in [3.63, 3.8) is 0 Å². The Bertz CT molecular complexity index is 560. The van der Waals surface area contributed by atoms with Crippen LogP contribution in [0.4, 0.5) is 0 Å². The van der Waals surface area contributed by atoms with Crippen molar-refractivity contribution in [2.45, 2.75) is 39.5 Å².